The van der Waals surface area contributed by atoms with Gasteiger partial charge >= 0.3 is 0 Å². The molecule has 1 aliphatic rings. The quantitative estimate of drug-likeness (QED) is 0.883. The van der Waals surface area contributed by atoms with E-state index in [0.29, 0.717) is 23.0 Å². The Morgan fingerprint density at radius 2 is 2.09 bits per heavy atom. The molecule has 1 N–H and O–H groups in total. The number of ether oxygens (including phenoxy) is 2. The number of benzene rings is 1. The molecule has 1 amide bonds. The molecule has 1 aliphatic heterocycles. The van der Waals surface area contributed by atoms with Crippen LogP contribution in [0.1, 0.15) is 10.4 Å². The van der Waals surface area contributed by atoms with Gasteiger partial charge in [0, 0.05) is 11.6 Å². The molecule has 6 heteroatoms. The molecule has 0 fully saturated rings. The fourth-order valence-corrected chi connectivity index (χ4v) is 2.75. The Bertz CT molecular complexity index is 764. The summed E-state index contributed by atoms with van der Waals surface area (Å²) >= 11 is 1.53. The van der Waals surface area contributed by atoms with Crippen LogP contribution in [0.5, 0.6) is 11.5 Å². The second-order valence-corrected chi connectivity index (χ2v) is 5.48. The minimum absolute atomic E-state index is 0.221. The molecule has 0 saturated heterocycles. The largest absolute Gasteiger partial charge is 0.497 e. The number of hydrogen-bond acceptors (Lipinski definition) is 5. The fourth-order valence-electron chi connectivity index (χ4n) is 2.08. The Labute approximate surface area is 131 Å². The third kappa shape index (κ3) is 2.73. The van der Waals surface area contributed by atoms with Crippen molar-refractivity contribution in [3.8, 4) is 11.5 Å². The first-order chi connectivity index (χ1) is 10.7. The number of nitrogens with one attached hydrogen (secondary N) is 1. The third-order valence-electron chi connectivity index (χ3n) is 3.18. The number of carbonyl (C=O) groups excluding carboxylic acids is 1. The number of amidine groups is 1. The Kier molecular flexibility index (Phi) is 3.93. The van der Waals surface area contributed by atoms with Crippen LogP contribution in [0.15, 0.2) is 46.4 Å². The van der Waals surface area contributed by atoms with Crippen LogP contribution in [0.4, 0.5) is 0 Å². The number of thiophene rings is 1. The van der Waals surface area contributed by atoms with Gasteiger partial charge in [-0.3, -0.25) is 4.79 Å². The van der Waals surface area contributed by atoms with E-state index in [1.54, 1.807) is 26.4 Å². The van der Waals surface area contributed by atoms with Crippen molar-refractivity contribution < 1.29 is 14.3 Å². The Morgan fingerprint density at radius 3 is 2.77 bits per heavy atom. The number of carbonyl (C=O) groups is 1. The van der Waals surface area contributed by atoms with E-state index >= 15 is 0 Å². The minimum Gasteiger partial charge on any atom is -0.497 e. The van der Waals surface area contributed by atoms with Crippen molar-refractivity contribution >= 4 is 29.2 Å². The van der Waals surface area contributed by atoms with Crippen LogP contribution >= 0.6 is 11.3 Å². The maximum absolute atomic E-state index is 12.1. The van der Waals surface area contributed by atoms with Gasteiger partial charge in [-0.2, -0.15) is 0 Å². The van der Waals surface area contributed by atoms with Gasteiger partial charge in [0.25, 0.3) is 5.91 Å². The summed E-state index contributed by atoms with van der Waals surface area (Å²) in [6.45, 7) is 0. The van der Waals surface area contributed by atoms with Crippen molar-refractivity contribution in [1.82, 2.24) is 5.32 Å². The average molecular weight is 314 g/mol. The van der Waals surface area contributed by atoms with Crippen LogP contribution in [-0.4, -0.2) is 26.0 Å². The average Bonchev–Trinajstić information content (AvgIpc) is 3.18. The SMILES string of the molecule is COc1ccc(/C=C2/N=C(c3cccs3)NC2=O)c(OC)c1. The highest BCUT2D eigenvalue weighted by Gasteiger charge is 2.22. The predicted molar refractivity (Wildman–Crippen MR) is 86.5 cm³/mol. The summed E-state index contributed by atoms with van der Waals surface area (Å²) in [6, 6.07) is 9.25. The van der Waals surface area contributed by atoms with E-state index in [1.165, 1.54) is 11.3 Å². The molecule has 0 radical (unpaired) electrons. The lowest BCUT2D eigenvalue weighted by Gasteiger charge is -2.07. The first-order valence-corrected chi connectivity index (χ1v) is 7.47. The number of methoxy groups -OCH3 is 2. The van der Waals surface area contributed by atoms with Crippen molar-refractivity contribution in [2.75, 3.05) is 14.2 Å². The molecule has 5 nitrogen and oxygen atoms in total. The summed E-state index contributed by atoms with van der Waals surface area (Å²) in [4.78, 5) is 17.3. The monoisotopic (exact) mass is 314 g/mol. The van der Waals surface area contributed by atoms with E-state index in [9.17, 15) is 4.79 Å². The molecule has 0 spiro atoms. The van der Waals surface area contributed by atoms with Gasteiger partial charge in [-0.25, -0.2) is 4.99 Å². The zero-order valence-corrected chi connectivity index (χ0v) is 12.9. The topological polar surface area (TPSA) is 59.9 Å². The third-order valence-corrected chi connectivity index (χ3v) is 4.06. The number of nitrogens with zero attached hydrogens (tertiary/aromatic N) is 1. The van der Waals surface area contributed by atoms with E-state index in [0.717, 1.165) is 10.4 Å². The van der Waals surface area contributed by atoms with Crippen molar-refractivity contribution in [2.24, 2.45) is 4.99 Å². The second kappa shape index (κ2) is 6.03. The minimum atomic E-state index is -0.221. The van der Waals surface area contributed by atoms with Gasteiger partial charge in [-0.1, -0.05) is 6.07 Å². The zero-order chi connectivity index (χ0) is 15.5. The van der Waals surface area contributed by atoms with Crippen molar-refractivity contribution in [1.29, 1.82) is 0 Å². The van der Waals surface area contributed by atoms with Gasteiger partial charge < -0.3 is 14.8 Å². The second-order valence-electron chi connectivity index (χ2n) is 4.53. The van der Waals surface area contributed by atoms with Gasteiger partial charge in [0.15, 0.2) is 5.84 Å². The van der Waals surface area contributed by atoms with Gasteiger partial charge in [-0.05, 0) is 29.7 Å². The standard InChI is InChI=1S/C16H14N2O3S/c1-20-11-6-5-10(13(9-11)21-2)8-12-16(19)18-15(17-12)14-4-3-7-22-14/h3-9H,1-2H3,(H,17,18,19)/b12-8+. The van der Waals surface area contributed by atoms with E-state index in [4.69, 9.17) is 9.47 Å². The van der Waals surface area contributed by atoms with E-state index in [-0.39, 0.29) is 5.91 Å². The summed E-state index contributed by atoms with van der Waals surface area (Å²) in [5.41, 5.74) is 1.12. The zero-order valence-electron chi connectivity index (χ0n) is 12.1. The Balaban J connectivity index is 1.96. The Hall–Kier alpha value is -2.60. The molecule has 22 heavy (non-hydrogen) atoms. The first kappa shape index (κ1) is 14.3. The molecule has 0 bridgehead atoms. The predicted octanol–water partition coefficient (Wildman–Crippen LogP) is 2.68. The van der Waals surface area contributed by atoms with Crippen LogP contribution in [0.2, 0.25) is 0 Å². The molecular weight excluding hydrogens is 300 g/mol. The highest BCUT2D eigenvalue weighted by Crippen LogP contribution is 2.27. The van der Waals surface area contributed by atoms with Crippen LogP contribution < -0.4 is 14.8 Å². The smallest absolute Gasteiger partial charge is 0.275 e. The van der Waals surface area contributed by atoms with E-state index in [1.807, 2.05) is 29.6 Å². The normalized spacial score (nSPS) is 15.6. The van der Waals surface area contributed by atoms with E-state index in [2.05, 4.69) is 10.3 Å². The van der Waals surface area contributed by atoms with Crippen LogP contribution in [-0.2, 0) is 4.79 Å². The molecule has 0 atom stereocenters. The lowest BCUT2D eigenvalue weighted by molar-refractivity contribution is -0.115. The van der Waals surface area contributed by atoms with Gasteiger partial charge in [0.2, 0.25) is 0 Å². The summed E-state index contributed by atoms with van der Waals surface area (Å²) in [5.74, 6) is 1.68. The van der Waals surface area contributed by atoms with Gasteiger partial charge in [-0.15, -0.1) is 11.3 Å². The van der Waals surface area contributed by atoms with Crippen molar-refractivity contribution in [3.63, 3.8) is 0 Å². The summed E-state index contributed by atoms with van der Waals surface area (Å²) in [6.07, 6.45) is 1.70. The summed E-state index contributed by atoms with van der Waals surface area (Å²) < 4.78 is 10.5. The van der Waals surface area contributed by atoms with Crippen molar-refractivity contribution in [3.05, 3.63) is 51.8 Å². The fraction of sp³-hybridized carbons (Fsp3) is 0.125. The molecule has 3 rings (SSSR count). The highest BCUT2D eigenvalue weighted by molar-refractivity contribution is 7.12. The maximum atomic E-state index is 12.1. The van der Waals surface area contributed by atoms with E-state index < -0.39 is 0 Å². The number of aliphatic imine (C=N–C) groups is 1. The van der Waals surface area contributed by atoms with Crippen LogP contribution in [0.25, 0.3) is 6.08 Å². The number of rotatable bonds is 4. The summed E-state index contributed by atoms with van der Waals surface area (Å²) in [7, 11) is 3.17. The molecular formula is C16H14N2O3S. The van der Waals surface area contributed by atoms with Crippen LogP contribution in [0, 0.1) is 0 Å². The molecule has 2 heterocycles. The summed E-state index contributed by atoms with van der Waals surface area (Å²) in [5, 5.41) is 4.72. The highest BCUT2D eigenvalue weighted by atomic mass is 32.1. The molecule has 0 unspecified atom stereocenters. The molecule has 1 aromatic carbocycles. The Morgan fingerprint density at radius 1 is 1.23 bits per heavy atom. The number of hydrogen-bond donors (Lipinski definition) is 1. The molecule has 1 aromatic heterocycles. The van der Waals surface area contributed by atoms with Crippen molar-refractivity contribution in [2.45, 2.75) is 0 Å². The molecule has 0 saturated carbocycles. The van der Waals surface area contributed by atoms with Gasteiger partial charge in [0.1, 0.15) is 17.2 Å². The molecule has 2 aromatic rings. The first-order valence-electron chi connectivity index (χ1n) is 6.59. The van der Waals surface area contributed by atoms with Gasteiger partial charge in [0.05, 0.1) is 19.1 Å². The van der Waals surface area contributed by atoms with Crippen LogP contribution in [0.3, 0.4) is 0 Å². The number of amides is 1. The maximum Gasteiger partial charge on any atom is 0.275 e. The lowest BCUT2D eigenvalue weighted by Crippen LogP contribution is -2.23. The molecule has 112 valence electrons. The lowest BCUT2D eigenvalue weighted by atomic mass is 10.1. The molecule has 0 aliphatic carbocycles.